The number of benzene rings is 1. The highest BCUT2D eigenvalue weighted by Gasteiger charge is 2.39. The van der Waals surface area contributed by atoms with Gasteiger partial charge < -0.3 is 0 Å². The summed E-state index contributed by atoms with van der Waals surface area (Å²) >= 11 is 0. The van der Waals surface area contributed by atoms with Crippen molar-refractivity contribution < 1.29 is 0 Å². The molecular formula is C18H24. The predicted molar refractivity (Wildman–Crippen MR) is 79.8 cm³/mol. The third-order valence-electron chi connectivity index (χ3n) is 5.07. The highest BCUT2D eigenvalue weighted by molar-refractivity contribution is 5.49. The Balaban J connectivity index is 2.68. The highest BCUT2D eigenvalue weighted by atomic mass is 14.4. The van der Waals surface area contributed by atoms with Gasteiger partial charge in [0.1, 0.15) is 0 Å². The van der Waals surface area contributed by atoms with Gasteiger partial charge in [-0.25, -0.2) is 0 Å². The summed E-state index contributed by atoms with van der Waals surface area (Å²) in [6, 6.07) is 8.81. The molecule has 0 amide bonds. The first-order chi connectivity index (χ1) is 8.39. The van der Waals surface area contributed by atoms with E-state index in [1.165, 1.54) is 27.8 Å². The molecule has 0 heterocycles. The molecule has 1 aliphatic carbocycles. The molecular weight excluding hydrogens is 216 g/mol. The molecule has 1 aromatic carbocycles. The first-order valence-electron chi connectivity index (χ1n) is 6.81. The van der Waals surface area contributed by atoms with Gasteiger partial charge in [-0.05, 0) is 44.7 Å². The van der Waals surface area contributed by atoms with Crippen molar-refractivity contribution in [3.05, 3.63) is 58.2 Å². The van der Waals surface area contributed by atoms with Crippen LogP contribution in [0.3, 0.4) is 0 Å². The Bertz CT molecular complexity index is 531. The summed E-state index contributed by atoms with van der Waals surface area (Å²) in [4.78, 5) is 0. The Morgan fingerprint density at radius 2 is 1.61 bits per heavy atom. The maximum Gasteiger partial charge on any atom is 0.0201 e. The molecule has 1 aliphatic rings. The van der Waals surface area contributed by atoms with Gasteiger partial charge in [0, 0.05) is 5.41 Å². The van der Waals surface area contributed by atoms with Crippen LogP contribution < -0.4 is 0 Å². The van der Waals surface area contributed by atoms with Crippen LogP contribution in [-0.4, -0.2) is 0 Å². The van der Waals surface area contributed by atoms with E-state index in [0.29, 0.717) is 5.92 Å². The fourth-order valence-corrected chi connectivity index (χ4v) is 3.36. The van der Waals surface area contributed by atoms with Gasteiger partial charge >= 0.3 is 0 Å². The Hall–Kier alpha value is -1.30. The molecule has 0 fully saturated rings. The Morgan fingerprint density at radius 1 is 1.00 bits per heavy atom. The highest BCUT2D eigenvalue weighted by Crippen LogP contribution is 2.47. The second-order valence-electron chi connectivity index (χ2n) is 5.94. The fourth-order valence-electron chi connectivity index (χ4n) is 3.36. The zero-order chi connectivity index (χ0) is 13.5. The zero-order valence-corrected chi connectivity index (χ0v) is 12.5. The van der Waals surface area contributed by atoms with Crippen LogP contribution in [0.25, 0.3) is 0 Å². The number of hydrogen-bond acceptors (Lipinski definition) is 0. The molecule has 0 nitrogen and oxygen atoms in total. The first-order valence-corrected chi connectivity index (χ1v) is 6.81. The van der Waals surface area contributed by atoms with Crippen LogP contribution in [0.15, 0.2) is 47.1 Å². The average molecular weight is 240 g/mol. The molecule has 2 unspecified atom stereocenters. The Morgan fingerprint density at radius 3 is 2.22 bits per heavy atom. The van der Waals surface area contributed by atoms with E-state index < -0.39 is 0 Å². The molecule has 0 spiro atoms. The monoisotopic (exact) mass is 240 g/mol. The van der Waals surface area contributed by atoms with Crippen molar-refractivity contribution in [3.63, 3.8) is 0 Å². The second-order valence-corrected chi connectivity index (χ2v) is 5.94. The van der Waals surface area contributed by atoms with Crippen LogP contribution >= 0.6 is 0 Å². The molecule has 0 saturated carbocycles. The van der Waals surface area contributed by atoms with E-state index in [-0.39, 0.29) is 5.41 Å². The topological polar surface area (TPSA) is 0 Å². The average Bonchev–Trinajstić information content (AvgIpc) is 2.34. The molecule has 18 heavy (non-hydrogen) atoms. The van der Waals surface area contributed by atoms with Gasteiger partial charge in [0.15, 0.2) is 0 Å². The fraction of sp³-hybridized carbons (Fsp3) is 0.444. The summed E-state index contributed by atoms with van der Waals surface area (Å²) in [7, 11) is 0. The van der Waals surface area contributed by atoms with Crippen molar-refractivity contribution >= 4 is 0 Å². The van der Waals surface area contributed by atoms with Crippen LogP contribution in [0.5, 0.6) is 0 Å². The SMILES string of the molecule is CC1=CC(C)=C(C)C(C)(c2ccccc2C)C1C. The molecule has 0 bridgehead atoms. The van der Waals surface area contributed by atoms with Crippen LogP contribution in [-0.2, 0) is 5.41 Å². The van der Waals surface area contributed by atoms with Crippen molar-refractivity contribution in [1.29, 1.82) is 0 Å². The summed E-state index contributed by atoms with van der Waals surface area (Å²) in [5, 5.41) is 0. The smallest absolute Gasteiger partial charge is 0.0201 e. The minimum atomic E-state index is 0.133. The standard InChI is InChI=1S/C18H24/c1-12-9-7-8-10-17(12)18(6)15(4)13(2)11-14(3)16(18)5/h7-11,15H,1-6H3. The van der Waals surface area contributed by atoms with E-state index in [4.69, 9.17) is 0 Å². The van der Waals surface area contributed by atoms with Gasteiger partial charge in [-0.15, -0.1) is 0 Å². The van der Waals surface area contributed by atoms with E-state index in [0.717, 1.165) is 0 Å². The van der Waals surface area contributed by atoms with Crippen molar-refractivity contribution in [2.75, 3.05) is 0 Å². The molecule has 0 aromatic heterocycles. The zero-order valence-electron chi connectivity index (χ0n) is 12.5. The lowest BCUT2D eigenvalue weighted by Crippen LogP contribution is -2.35. The van der Waals surface area contributed by atoms with Gasteiger partial charge in [0.25, 0.3) is 0 Å². The summed E-state index contributed by atoms with van der Waals surface area (Å²) in [6.45, 7) is 13.8. The molecule has 0 aliphatic heterocycles. The predicted octanol–water partition coefficient (Wildman–Crippen LogP) is 5.19. The third kappa shape index (κ3) is 1.75. The van der Waals surface area contributed by atoms with Crippen molar-refractivity contribution in [2.45, 2.75) is 47.0 Å². The van der Waals surface area contributed by atoms with Crippen LogP contribution in [0.1, 0.15) is 45.7 Å². The van der Waals surface area contributed by atoms with E-state index in [2.05, 4.69) is 71.9 Å². The number of allylic oxidation sites excluding steroid dienone is 4. The second kappa shape index (κ2) is 4.42. The Kier molecular flexibility index (Phi) is 3.23. The lowest BCUT2D eigenvalue weighted by Gasteiger charge is -2.42. The van der Waals surface area contributed by atoms with Crippen LogP contribution in [0, 0.1) is 12.8 Å². The van der Waals surface area contributed by atoms with Gasteiger partial charge in [0.2, 0.25) is 0 Å². The summed E-state index contributed by atoms with van der Waals surface area (Å²) in [6.07, 6.45) is 2.35. The largest absolute Gasteiger partial charge is 0.0690 e. The summed E-state index contributed by atoms with van der Waals surface area (Å²) < 4.78 is 0. The quantitative estimate of drug-likeness (QED) is 0.634. The minimum absolute atomic E-state index is 0.133. The first kappa shape index (κ1) is 13.1. The van der Waals surface area contributed by atoms with Gasteiger partial charge in [-0.3, -0.25) is 0 Å². The van der Waals surface area contributed by atoms with Gasteiger partial charge in [0.05, 0.1) is 0 Å². The molecule has 2 atom stereocenters. The molecule has 1 aromatic rings. The van der Waals surface area contributed by atoms with Crippen molar-refractivity contribution in [1.82, 2.24) is 0 Å². The molecule has 2 rings (SSSR count). The lowest BCUT2D eigenvalue weighted by atomic mass is 9.61. The van der Waals surface area contributed by atoms with Crippen molar-refractivity contribution in [3.8, 4) is 0 Å². The molecule has 0 heteroatoms. The third-order valence-corrected chi connectivity index (χ3v) is 5.07. The van der Waals surface area contributed by atoms with Gasteiger partial charge in [-0.2, -0.15) is 0 Å². The lowest BCUT2D eigenvalue weighted by molar-refractivity contribution is 0.405. The van der Waals surface area contributed by atoms with Crippen LogP contribution in [0.2, 0.25) is 0 Å². The molecule has 0 radical (unpaired) electrons. The van der Waals surface area contributed by atoms with E-state index >= 15 is 0 Å². The van der Waals surface area contributed by atoms with E-state index in [9.17, 15) is 0 Å². The molecule has 0 N–H and O–H groups in total. The maximum absolute atomic E-state index is 2.40. The van der Waals surface area contributed by atoms with Crippen LogP contribution in [0.4, 0.5) is 0 Å². The normalized spacial score (nSPS) is 28.3. The summed E-state index contributed by atoms with van der Waals surface area (Å²) in [5.41, 5.74) is 7.43. The number of rotatable bonds is 1. The van der Waals surface area contributed by atoms with E-state index in [1.807, 2.05) is 0 Å². The maximum atomic E-state index is 2.40. The van der Waals surface area contributed by atoms with Gasteiger partial charge in [-0.1, -0.05) is 60.9 Å². The number of hydrogen-bond donors (Lipinski definition) is 0. The minimum Gasteiger partial charge on any atom is -0.0690 e. The molecule has 0 saturated heterocycles. The molecule has 96 valence electrons. The summed E-state index contributed by atoms with van der Waals surface area (Å²) in [5.74, 6) is 0.558. The Labute approximate surface area is 111 Å². The number of aryl methyl sites for hydroxylation is 1. The van der Waals surface area contributed by atoms with Crippen molar-refractivity contribution in [2.24, 2.45) is 5.92 Å². The van der Waals surface area contributed by atoms with E-state index in [1.54, 1.807) is 0 Å².